The van der Waals surface area contributed by atoms with Crippen molar-refractivity contribution >= 4 is 40.1 Å². The summed E-state index contributed by atoms with van der Waals surface area (Å²) in [5.74, 6) is -0.286. The lowest BCUT2D eigenvalue weighted by molar-refractivity contribution is -0.111. The van der Waals surface area contributed by atoms with E-state index in [-0.39, 0.29) is 5.91 Å². The Kier molecular flexibility index (Phi) is 5.27. The van der Waals surface area contributed by atoms with Crippen molar-refractivity contribution in [2.75, 3.05) is 5.32 Å². The molecule has 2 heterocycles. The number of rotatable bonds is 5. The third-order valence-corrected chi connectivity index (χ3v) is 4.74. The molecule has 0 spiro atoms. The summed E-state index contributed by atoms with van der Waals surface area (Å²) in [4.78, 5) is 12.1. The molecule has 0 atom stereocenters. The van der Waals surface area contributed by atoms with Crippen LogP contribution in [0, 0.1) is 0 Å². The minimum atomic E-state index is -0.286. The molecule has 28 heavy (non-hydrogen) atoms. The van der Waals surface area contributed by atoms with E-state index in [2.05, 4.69) is 15.5 Å². The van der Waals surface area contributed by atoms with Crippen LogP contribution in [0.15, 0.2) is 72.4 Å². The number of nitrogens with one attached hydrogen (secondary N) is 1. The Balaban J connectivity index is 1.67. The third-order valence-electron chi connectivity index (χ3n) is 3.89. The topological polar surface area (TPSA) is 72.7 Å². The van der Waals surface area contributed by atoms with Gasteiger partial charge in [0.1, 0.15) is 5.51 Å². The number of carbonyl (C=O) groups excluding carboxylic acids is 1. The molecule has 8 heteroatoms. The molecule has 6 nitrogen and oxygen atoms in total. The summed E-state index contributed by atoms with van der Waals surface area (Å²) in [7, 11) is 0. The first-order valence-corrected chi connectivity index (χ1v) is 9.61. The predicted molar refractivity (Wildman–Crippen MR) is 112 cm³/mol. The maximum absolute atomic E-state index is 12.1. The van der Waals surface area contributed by atoms with Crippen LogP contribution in [0.25, 0.3) is 23.0 Å². The third kappa shape index (κ3) is 4.16. The molecule has 1 N–H and O–H groups in total. The van der Waals surface area contributed by atoms with Crippen LogP contribution in [-0.2, 0) is 4.79 Å². The normalized spacial score (nSPS) is 11.0. The molecular formula is C20H14ClN5OS. The average molecular weight is 408 g/mol. The molecule has 0 aliphatic carbocycles. The smallest absolute Gasteiger partial charge is 0.250 e. The quantitative estimate of drug-likeness (QED) is 0.487. The SMILES string of the molecule is O=C(/C=C/c1cn(-c2ccccc2)nc1-c1ccc(Cl)cc1)Nc1nncs1. The minimum Gasteiger partial charge on any atom is -0.297 e. The summed E-state index contributed by atoms with van der Waals surface area (Å²) < 4.78 is 1.78. The van der Waals surface area contributed by atoms with Gasteiger partial charge in [-0.05, 0) is 30.3 Å². The number of nitrogens with zero attached hydrogens (tertiary/aromatic N) is 4. The summed E-state index contributed by atoms with van der Waals surface area (Å²) in [6.07, 6.45) is 5.06. The number of anilines is 1. The Morgan fingerprint density at radius 3 is 2.61 bits per heavy atom. The van der Waals surface area contributed by atoms with E-state index in [9.17, 15) is 4.79 Å². The van der Waals surface area contributed by atoms with Crippen LogP contribution in [0.3, 0.4) is 0 Å². The molecule has 0 aliphatic rings. The fraction of sp³-hybridized carbons (Fsp3) is 0. The fourth-order valence-electron chi connectivity index (χ4n) is 2.59. The highest BCUT2D eigenvalue weighted by molar-refractivity contribution is 7.13. The monoisotopic (exact) mass is 407 g/mol. The molecule has 0 aliphatic heterocycles. The maximum atomic E-state index is 12.1. The summed E-state index contributed by atoms with van der Waals surface area (Å²) in [6.45, 7) is 0. The van der Waals surface area contributed by atoms with E-state index in [1.54, 1.807) is 16.3 Å². The lowest BCUT2D eigenvalue weighted by Crippen LogP contribution is -2.07. The van der Waals surface area contributed by atoms with Gasteiger partial charge in [0.15, 0.2) is 0 Å². The van der Waals surface area contributed by atoms with Crippen molar-refractivity contribution in [3.05, 3.63) is 83.0 Å². The van der Waals surface area contributed by atoms with E-state index in [0.29, 0.717) is 10.2 Å². The molecule has 138 valence electrons. The molecule has 2 aromatic carbocycles. The second kappa shape index (κ2) is 8.16. The summed E-state index contributed by atoms with van der Waals surface area (Å²) in [5, 5.41) is 16.0. The van der Waals surface area contributed by atoms with Crippen LogP contribution in [0.5, 0.6) is 0 Å². The standard InChI is InChI=1S/C20H14ClN5OS/c21-16-9-6-14(7-10-16)19-15(8-11-18(27)23-20-24-22-13-28-20)12-26(25-19)17-4-2-1-3-5-17/h1-13H,(H,23,24,27)/b11-8+. The minimum absolute atomic E-state index is 0.286. The first-order valence-electron chi connectivity index (χ1n) is 8.35. The van der Waals surface area contributed by atoms with Crippen molar-refractivity contribution in [1.29, 1.82) is 0 Å². The Hall–Kier alpha value is -3.29. The summed E-state index contributed by atoms with van der Waals surface area (Å²) in [5.41, 5.74) is 4.94. The average Bonchev–Trinajstić information content (AvgIpc) is 3.38. The molecule has 0 saturated carbocycles. The first kappa shape index (κ1) is 18.1. The molecule has 1 amide bonds. The zero-order valence-corrected chi connectivity index (χ0v) is 16.1. The molecule has 0 unspecified atom stereocenters. The second-order valence-corrected chi connectivity index (χ2v) is 7.06. The van der Waals surface area contributed by atoms with Gasteiger partial charge in [-0.1, -0.05) is 53.3 Å². The van der Waals surface area contributed by atoms with Gasteiger partial charge in [-0.3, -0.25) is 10.1 Å². The van der Waals surface area contributed by atoms with Crippen molar-refractivity contribution in [1.82, 2.24) is 20.0 Å². The number of carbonyl (C=O) groups is 1. The van der Waals surface area contributed by atoms with Crippen LogP contribution in [-0.4, -0.2) is 25.9 Å². The lowest BCUT2D eigenvalue weighted by Gasteiger charge is -2.00. The number of para-hydroxylation sites is 1. The van der Waals surface area contributed by atoms with Gasteiger partial charge in [-0.15, -0.1) is 10.2 Å². The number of halogens is 1. The molecule has 2 aromatic heterocycles. The highest BCUT2D eigenvalue weighted by Gasteiger charge is 2.11. The maximum Gasteiger partial charge on any atom is 0.250 e. The number of hydrogen-bond donors (Lipinski definition) is 1. The van der Waals surface area contributed by atoms with Crippen LogP contribution >= 0.6 is 22.9 Å². The van der Waals surface area contributed by atoms with Gasteiger partial charge in [0.05, 0.1) is 11.4 Å². The molecule has 4 aromatic rings. The van der Waals surface area contributed by atoms with Crippen LogP contribution in [0.2, 0.25) is 5.02 Å². The van der Waals surface area contributed by atoms with Gasteiger partial charge in [-0.2, -0.15) is 5.10 Å². The van der Waals surface area contributed by atoms with Gasteiger partial charge in [-0.25, -0.2) is 4.68 Å². The highest BCUT2D eigenvalue weighted by atomic mass is 35.5. The molecule has 0 saturated heterocycles. The number of hydrogen-bond acceptors (Lipinski definition) is 5. The van der Waals surface area contributed by atoms with E-state index in [1.807, 2.05) is 60.8 Å². The molecule has 4 rings (SSSR count). The van der Waals surface area contributed by atoms with Crippen molar-refractivity contribution in [3.8, 4) is 16.9 Å². The lowest BCUT2D eigenvalue weighted by atomic mass is 10.1. The van der Waals surface area contributed by atoms with Crippen LogP contribution in [0.4, 0.5) is 5.13 Å². The van der Waals surface area contributed by atoms with Crippen LogP contribution < -0.4 is 5.32 Å². The number of amides is 1. The molecule has 0 radical (unpaired) electrons. The zero-order chi connectivity index (χ0) is 19.3. The summed E-state index contributed by atoms with van der Waals surface area (Å²) >= 11 is 7.27. The van der Waals surface area contributed by atoms with E-state index in [4.69, 9.17) is 16.7 Å². The predicted octanol–water partition coefficient (Wildman–Crippen LogP) is 4.70. The number of aromatic nitrogens is 4. The van der Waals surface area contributed by atoms with Gasteiger partial charge >= 0.3 is 0 Å². The number of benzene rings is 2. The Morgan fingerprint density at radius 2 is 1.89 bits per heavy atom. The molecule has 0 fully saturated rings. The van der Waals surface area contributed by atoms with Crippen LogP contribution in [0.1, 0.15) is 5.56 Å². The summed E-state index contributed by atoms with van der Waals surface area (Å²) in [6, 6.07) is 17.2. The Labute approximate surface area is 170 Å². The largest absolute Gasteiger partial charge is 0.297 e. The van der Waals surface area contributed by atoms with Crippen molar-refractivity contribution in [2.24, 2.45) is 0 Å². The van der Waals surface area contributed by atoms with E-state index >= 15 is 0 Å². The van der Waals surface area contributed by atoms with E-state index < -0.39 is 0 Å². The van der Waals surface area contributed by atoms with Crippen molar-refractivity contribution < 1.29 is 4.79 Å². The van der Waals surface area contributed by atoms with Gasteiger partial charge in [0.25, 0.3) is 0 Å². The molecule has 0 bridgehead atoms. The van der Waals surface area contributed by atoms with Gasteiger partial charge in [0, 0.05) is 28.4 Å². The zero-order valence-electron chi connectivity index (χ0n) is 14.5. The van der Waals surface area contributed by atoms with Crippen molar-refractivity contribution in [3.63, 3.8) is 0 Å². The second-order valence-electron chi connectivity index (χ2n) is 5.79. The fourth-order valence-corrected chi connectivity index (χ4v) is 3.17. The van der Waals surface area contributed by atoms with Gasteiger partial charge in [0.2, 0.25) is 11.0 Å². The first-order chi connectivity index (χ1) is 13.7. The molecular weight excluding hydrogens is 394 g/mol. The Bertz CT molecular complexity index is 1110. The van der Waals surface area contributed by atoms with Gasteiger partial charge < -0.3 is 0 Å². The Morgan fingerprint density at radius 1 is 1.11 bits per heavy atom. The van der Waals surface area contributed by atoms with Crippen molar-refractivity contribution in [2.45, 2.75) is 0 Å². The highest BCUT2D eigenvalue weighted by Crippen LogP contribution is 2.26. The van der Waals surface area contributed by atoms with E-state index in [1.165, 1.54) is 17.4 Å². The van der Waals surface area contributed by atoms with E-state index in [0.717, 1.165) is 22.5 Å².